The fourth-order valence-electron chi connectivity index (χ4n) is 4.21. The Morgan fingerprint density at radius 1 is 1.06 bits per heavy atom. The van der Waals surface area contributed by atoms with Crippen molar-refractivity contribution in [3.05, 3.63) is 95.0 Å². The number of Topliss-reactive ketones (excluding diaryl/α,β-unsaturated/α-hetero) is 1. The number of likely N-dealkylation sites (tertiary alicyclic amines) is 1. The van der Waals surface area contributed by atoms with E-state index in [9.17, 15) is 14.7 Å². The Kier molecular flexibility index (Phi) is 7.36. The number of nitrogens with zero attached hydrogens (tertiary/aromatic N) is 2. The van der Waals surface area contributed by atoms with E-state index in [1.54, 1.807) is 36.4 Å². The first-order valence-corrected chi connectivity index (χ1v) is 11.6. The van der Waals surface area contributed by atoms with Crippen LogP contribution in [0.1, 0.15) is 34.9 Å². The van der Waals surface area contributed by atoms with Gasteiger partial charge in [0.2, 0.25) is 0 Å². The molecule has 0 aliphatic carbocycles. The lowest BCUT2D eigenvalue weighted by atomic mass is 9.99. The highest BCUT2D eigenvalue weighted by Crippen LogP contribution is 2.39. The molecule has 1 aromatic heterocycles. The highest BCUT2D eigenvalue weighted by atomic mass is 16.5. The Hall–Kier alpha value is -3.84. The van der Waals surface area contributed by atoms with Gasteiger partial charge in [-0.05, 0) is 81.5 Å². The zero-order chi connectivity index (χ0) is 24.9. The smallest absolute Gasteiger partial charge is 0.295 e. The number of amides is 1. The van der Waals surface area contributed by atoms with Crippen LogP contribution in [0.2, 0.25) is 0 Å². The SMILES string of the molecule is Cc1ccccc1COc1ccc(C(O)=C2C(=O)C(=O)N(CCCN(C)C)C2c2ccco2)cc1. The molecule has 2 heterocycles. The number of carbonyl (C=O) groups excluding carboxylic acids is 2. The maximum Gasteiger partial charge on any atom is 0.295 e. The normalized spacial score (nSPS) is 17.4. The first-order chi connectivity index (χ1) is 16.9. The average Bonchev–Trinajstić information content (AvgIpc) is 3.46. The fourth-order valence-corrected chi connectivity index (χ4v) is 4.21. The first-order valence-electron chi connectivity index (χ1n) is 11.6. The summed E-state index contributed by atoms with van der Waals surface area (Å²) in [6.07, 6.45) is 2.18. The van der Waals surface area contributed by atoms with Crippen molar-refractivity contribution < 1.29 is 23.8 Å². The van der Waals surface area contributed by atoms with Crippen LogP contribution in [0.5, 0.6) is 5.75 Å². The minimum absolute atomic E-state index is 0.0309. The first kappa shape index (κ1) is 24.3. The number of aliphatic hydroxyl groups excluding tert-OH is 1. The Morgan fingerprint density at radius 2 is 1.80 bits per heavy atom. The largest absolute Gasteiger partial charge is 0.507 e. The van der Waals surface area contributed by atoms with Crippen LogP contribution in [0.4, 0.5) is 0 Å². The van der Waals surface area contributed by atoms with Gasteiger partial charge in [-0.25, -0.2) is 0 Å². The summed E-state index contributed by atoms with van der Waals surface area (Å²) in [5, 5.41) is 11.1. The van der Waals surface area contributed by atoms with Gasteiger partial charge < -0.3 is 24.1 Å². The van der Waals surface area contributed by atoms with Crippen LogP contribution in [0.3, 0.4) is 0 Å². The van der Waals surface area contributed by atoms with E-state index in [4.69, 9.17) is 9.15 Å². The third kappa shape index (κ3) is 5.30. The number of ketones is 1. The zero-order valence-electron chi connectivity index (χ0n) is 20.2. The molecule has 7 heteroatoms. The van der Waals surface area contributed by atoms with Crippen LogP contribution < -0.4 is 4.74 Å². The quantitative estimate of drug-likeness (QED) is 0.279. The van der Waals surface area contributed by atoms with Crippen molar-refractivity contribution in [2.24, 2.45) is 0 Å². The monoisotopic (exact) mass is 474 g/mol. The molecular formula is C28H30N2O5. The minimum Gasteiger partial charge on any atom is -0.507 e. The Morgan fingerprint density at radius 3 is 2.46 bits per heavy atom. The van der Waals surface area contributed by atoms with Crippen molar-refractivity contribution in [3.8, 4) is 5.75 Å². The van der Waals surface area contributed by atoms with Crippen molar-refractivity contribution in [1.29, 1.82) is 0 Å². The summed E-state index contributed by atoms with van der Waals surface area (Å²) >= 11 is 0. The predicted molar refractivity (Wildman–Crippen MR) is 133 cm³/mol. The molecule has 182 valence electrons. The zero-order valence-corrected chi connectivity index (χ0v) is 20.2. The van der Waals surface area contributed by atoms with Crippen molar-refractivity contribution in [2.45, 2.75) is 26.0 Å². The van der Waals surface area contributed by atoms with Gasteiger partial charge in [-0.1, -0.05) is 24.3 Å². The molecule has 4 rings (SSSR count). The van der Waals surface area contributed by atoms with E-state index in [0.29, 0.717) is 36.6 Å². The van der Waals surface area contributed by atoms with Gasteiger partial charge >= 0.3 is 0 Å². The van der Waals surface area contributed by atoms with Gasteiger partial charge in [0, 0.05) is 12.1 Å². The number of carbonyl (C=O) groups is 2. The van der Waals surface area contributed by atoms with E-state index >= 15 is 0 Å². The standard InChI is InChI=1S/C28H30N2O5/c1-19-8-4-5-9-21(19)18-35-22-13-11-20(12-14-22)26(31)24-25(23-10-6-17-34-23)30(28(33)27(24)32)16-7-15-29(2)3/h4-6,8-14,17,25,31H,7,15-16,18H2,1-3H3. The molecule has 0 radical (unpaired) electrons. The summed E-state index contributed by atoms with van der Waals surface area (Å²) in [6.45, 7) is 3.59. The van der Waals surface area contributed by atoms with E-state index in [2.05, 4.69) is 0 Å². The van der Waals surface area contributed by atoms with Gasteiger partial charge in [0.25, 0.3) is 11.7 Å². The van der Waals surface area contributed by atoms with E-state index < -0.39 is 17.7 Å². The van der Waals surface area contributed by atoms with Crippen LogP contribution in [0.25, 0.3) is 5.76 Å². The fraction of sp³-hybridized carbons (Fsp3) is 0.286. The highest BCUT2D eigenvalue weighted by Gasteiger charge is 2.47. The number of rotatable bonds is 9. The average molecular weight is 475 g/mol. The second-order valence-electron chi connectivity index (χ2n) is 8.90. The van der Waals surface area contributed by atoms with E-state index in [0.717, 1.165) is 17.7 Å². The summed E-state index contributed by atoms with van der Waals surface area (Å²) in [6, 6.07) is 17.5. The van der Waals surface area contributed by atoms with Gasteiger partial charge in [0.15, 0.2) is 0 Å². The van der Waals surface area contributed by atoms with Gasteiger partial charge in [-0.15, -0.1) is 0 Å². The second kappa shape index (κ2) is 10.6. The van der Waals surface area contributed by atoms with Crippen LogP contribution in [-0.4, -0.2) is 53.8 Å². The molecule has 1 aliphatic rings. The third-order valence-electron chi connectivity index (χ3n) is 6.14. The maximum atomic E-state index is 13.0. The minimum atomic E-state index is -0.774. The molecule has 1 saturated heterocycles. The van der Waals surface area contributed by atoms with Crippen LogP contribution in [0, 0.1) is 6.92 Å². The topological polar surface area (TPSA) is 83.2 Å². The molecule has 0 spiro atoms. The maximum absolute atomic E-state index is 13.0. The van der Waals surface area contributed by atoms with Crippen molar-refractivity contribution >= 4 is 17.4 Å². The molecule has 0 bridgehead atoms. The summed E-state index contributed by atoms with van der Waals surface area (Å²) in [4.78, 5) is 29.4. The van der Waals surface area contributed by atoms with Crippen molar-refractivity contribution in [1.82, 2.24) is 9.80 Å². The molecule has 7 nitrogen and oxygen atoms in total. The number of ether oxygens (including phenoxy) is 1. The van der Waals surface area contributed by atoms with Crippen molar-refractivity contribution in [3.63, 3.8) is 0 Å². The lowest BCUT2D eigenvalue weighted by Gasteiger charge is -2.24. The molecule has 3 aromatic rings. The Bertz CT molecular complexity index is 1210. The Balaban J connectivity index is 1.59. The molecule has 1 aliphatic heterocycles. The van der Waals surface area contributed by atoms with Gasteiger partial charge in [0.05, 0.1) is 11.8 Å². The molecule has 1 unspecified atom stereocenters. The number of hydrogen-bond donors (Lipinski definition) is 1. The van der Waals surface area contributed by atoms with Crippen LogP contribution >= 0.6 is 0 Å². The number of furan rings is 1. The summed E-state index contributed by atoms with van der Waals surface area (Å²) in [5.41, 5.74) is 2.70. The molecule has 1 fully saturated rings. The number of benzene rings is 2. The lowest BCUT2D eigenvalue weighted by molar-refractivity contribution is -0.140. The molecule has 1 amide bonds. The number of hydrogen-bond acceptors (Lipinski definition) is 6. The van der Waals surface area contributed by atoms with Gasteiger partial charge in [-0.2, -0.15) is 0 Å². The van der Waals surface area contributed by atoms with Gasteiger partial charge in [-0.3, -0.25) is 9.59 Å². The van der Waals surface area contributed by atoms with Crippen LogP contribution in [-0.2, 0) is 16.2 Å². The molecular weight excluding hydrogens is 444 g/mol. The van der Waals surface area contributed by atoms with E-state index in [1.807, 2.05) is 50.2 Å². The number of aliphatic hydroxyl groups is 1. The van der Waals surface area contributed by atoms with Gasteiger partial charge in [0.1, 0.15) is 29.9 Å². The molecule has 35 heavy (non-hydrogen) atoms. The summed E-state index contributed by atoms with van der Waals surface area (Å²) in [7, 11) is 3.90. The van der Waals surface area contributed by atoms with Crippen molar-refractivity contribution in [2.75, 3.05) is 27.2 Å². The molecule has 1 atom stereocenters. The van der Waals surface area contributed by atoms with E-state index in [1.165, 1.54) is 11.2 Å². The summed E-state index contributed by atoms with van der Waals surface area (Å²) in [5.74, 6) is -0.505. The molecule has 0 saturated carbocycles. The molecule has 1 N–H and O–H groups in total. The number of aryl methyl sites for hydroxylation is 1. The molecule has 2 aromatic carbocycles. The predicted octanol–water partition coefficient (Wildman–Crippen LogP) is 4.54. The highest BCUT2D eigenvalue weighted by molar-refractivity contribution is 6.46. The van der Waals surface area contributed by atoms with Crippen LogP contribution in [0.15, 0.2) is 76.9 Å². The summed E-state index contributed by atoms with van der Waals surface area (Å²) < 4.78 is 11.5. The lowest BCUT2D eigenvalue weighted by Crippen LogP contribution is -2.32. The Labute approximate surface area is 205 Å². The third-order valence-corrected chi connectivity index (χ3v) is 6.14. The second-order valence-corrected chi connectivity index (χ2v) is 8.90. The van der Waals surface area contributed by atoms with E-state index in [-0.39, 0.29) is 11.3 Å².